The summed E-state index contributed by atoms with van der Waals surface area (Å²) < 4.78 is 29.2. The van der Waals surface area contributed by atoms with Crippen molar-refractivity contribution >= 4 is 10.0 Å². The third-order valence-electron chi connectivity index (χ3n) is 4.24. The Morgan fingerprint density at radius 2 is 2.10 bits per heavy atom. The molecule has 0 amide bonds. The smallest absolute Gasteiger partial charge is 0.244 e. The molecule has 0 aromatic carbocycles. The fourth-order valence-corrected chi connectivity index (χ4v) is 4.91. The van der Waals surface area contributed by atoms with Crippen LogP contribution in [0.1, 0.15) is 51.6 Å². The zero-order valence-corrected chi connectivity index (χ0v) is 13.8. The van der Waals surface area contributed by atoms with Crippen molar-refractivity contribution in [2.24, 2.45) is 0 Å². The van der Waals surface area contributed by atoms with Gasteiger partial charge in [0.2, 0.25) is 10.0 Å². The standard InChI is InChI=1S/C15H26N2O3S/c1-3-8-16-11-15(10-14(16)12-18)21(19,20)17-9-6-5-7-13(17)4-2/h10-11,13,18H,3-9,12H2,1-2H3. The lowest BCUT2D eigenvalue weighted by Gasteiger charge is -2.33. The summed E-state index contributed by atoms with van der Waals surface area (Å²) >= 11 is 0. The third-order valence-corrected chi connectivity index (χ3v) is 6.16. The second-order valence-corrected chi connectivity index (χ2v) is 7.58. The molecule has 1 unspecified atom stereocenters. The quantitative estimate of drug-likeness (QED) is 0.876. The minimum absolute atomic E-state index is 0.107. The number of aryl methyl sites for hydroxylation is 1. The van der Waals surface area contributed by atoms with E-state index in [1.165, 1.54) is 0 Å². The van der Waals surface area contributed by atoms with Gasteiger partial charge in [-0.2, -0.15) is 4.31 Å². The average Bonchev–Trinajstić information content (AvgIpc) is 2.91. The van der Waals surface area contributed by atoms with E-state index < -0.39 is 10.0 Å². The Balaban J connectivity index is 2.34. The van der Waals surface area contributed by atoms with Gasteiger partial charge < -0.3 is 9.67 Å². The molecule has 0 spiro atoms. The maximum atomic E-state index is 12.9. The molecule has 1 aromatic heterocycles. The van der Waals surface area contributed by atoms with E-state index in [4.69, 9.17) is 0 Å². The van der Waals surface area contributed by atoms with Crippen LogP contribution in [-0.2, 0) is 23.2 Å². The number of hydrogen-bond acceptors (Lipinski definition) is 3. The number of piperidine rings is 1. The second-order valence-electron chi connectivity index (χ2n) is 5.69. The monoisotopic (exact) mass is 314 g/mol. The van der Waals surface area contributed by atoms with Crippen LogP contribution in [0.25, 0.3) is 0 Å². The van der Waals surface area contributed by atoms with Gasteiger partial charge in [0, 0.05) is 31.0 Å². The average molecular weight is 314 g/mol. The van der Waals surface area contributed by atoms with Crippen LogP contribution in [0.15, 0.2) is 17.2 Å². The summed E-state index contributed by atoms with van der Waals surface area (Å²) in [7, 11) is -3.45. The van der Waals surface area contributed by atoms with Gasteiger partial charge in [-0.15, -0.1) is 0 Å². The largest absolute Gasteiger partial charge is 0.390 e. The summed E-state index contributed by atoms with van der Waals surface area (Å²) in [6, 6.07) is 1.72. The molecule has 21 heavy (non-hydrogen) atoms. The number of hydrogen-bond donors (Lipinski definition) is 1. The summed E-state index contributed by atoms with van der Waals surface area (Å²) in [4.78, 5) is 0.320. The number of aliphatic hydroxyl groups excluding tert-OH is 1. The Kier molecular flexibility index (Phi) is 5.46. The molecule has 1 fully saturated rings. The lowest BCUT2D eigenvalue weighted by molar-refractivity contribution is 0.246. The lowest BCUT2D eigenvalue weighted by atomic mass is 10.0. The SMILES string of the molecule is CCCn1cc(S(=O)(=O)N2CCCCC2CC)cc1CO. The third kappa shape index (κ3) is 3.33. The molecule has 0 saturated carbocycles. The van der Waals surface area contributed by atoms with E-state index in [2.05, 4.69) is 0 Å². The van der Waals surface area contributed by atoms with Crippen molar-refractivity contribution in [1.29, 1.82) is 0 Å². The highest BCUT2D eigenvalue weighted by atomic mass is 32.2. The van der Waals surface area contributed by atoms with E-state index in [0.29, 0.717) is 17.1 Å². The maximum Gasteiger partial charge on any atom is 0.244 e. The molecule has 1 aliphatic heterocycles. The van der Waals surface area contributed by atoms with E-state index >= 15 is 0 Å². The van der Waals surface area contributed by atoms with Gasteiger partial charge in [-0.1, -0.05) is 20.3 Å². The van der Waals surface area contributed by atoms with E-state index in [1.54, 1.807) is 16.6 Å². The first kappa shape index (κ1) is 16.5. The van der Waals surface area contributed by atoms with Crippen LogP contribution in [0.4, 0.5) is 0 Å². The first-order chi connectivity index (χ1) is 10.0. The van der Waals surface area contributed by atoms with Crippen LogP contribution in [0.5, 0.6) is 0 Å². The van der Waals surface area contributed by atoms with Crippen LogP contribution in [0.2, 0.25) is 0 Å². The molecule has 1 atom stereocenters. The highest BCUT2D eigenvalue weighted by Crippen LogP contribution is 2.28. The summed E-state index contributed by atoms with van der Waals surface area (Å²) in [5.41, 5.74) is 0.667. The Morgan fingerprint density at radius 3 is 2.71 bits per heavy atom. The predicted octanol–water partition coefficient (Wildman–Crippen LogP) is 2.34. The van der Waals surface area contributed by atoms with Gasteiger partial charge >= 0.3 is 0 Å². The van der Waals surface area contributed by atoms with Crippen molar-refractivity contribution < 1.29 is 13.5 Å². The van der Waals surface area contributed by atoms with Gasteiger partial charge in [0.15, 0.2) is 0 Å². The molecule has 0 radical (unpaired) electrons. The topological polar surface area (TPSA) is 62.5 Å². The van der Waals surface area contributed by atoms with Gasteiger partial charge in [0.1, 0.15) is 4.90 Å². The Hall–Kier alpha value is -0.850. The fraction of sp³-hybridized carbons (Fsp3) is 0.733. The van der Waals surface area contributed by atoms with E-state index in [9.17, 15) is 13.5 Å². The summed E-state index contributed by atoms with van der Waals surface area (Å²) in [6.45, 7) is 5.27. The molecular formula is C15H26N2O3S. The number of sulfonamides is 1. The number of rotatable bonds is 6. The molecule has 1 aromatic rings. The summed E-state index contributed by atoms with van der Waals surface area (Å²) in [5, 5.41) is 9.40. The molecule has 5 nitrogen and oxygen atoms in total. The summed E-state index contributed by atoms with van der Waals surface area (Å²) in [5.74, 6) is 0. The van der Waals surface area contributed by atoms with Crippen LogP contribution in [-0.4, -0.2) is 35.0 Å². The Bertz CT molecular complexity index is 565. The minimum atomic E-state index is -3.45. The van der Waals surface area contributed by atoms with Gasteiger partial charge in [-0.3, -0.25) is 0 Å². The first-order valence-electron chi connectivity index (χ1n) is 7.86. The van der Waals surface area contributed by atoms with E-state index in [-0.39, 0.29) is 12.6 Å². The molecule has 2 heterocycles. The van der Waals surface area contributed by atoms with Gasteiger partial charge in [0.25, 0.3) is 0 Å². The zero-order valence-electron chi connectivity index (χ0n) is 13.0. The fourth-order valence-electron chi connectivity index (χ4n) is 3.08. The molecule has 1 aliphatic rings. The normalized spacial score (nSPS) is 20.8. The number of aromatic nitrogens is 1. The summed E-state index contributed by atoms with van der Waals surface area (Å²) in [6.07, 6.45) is 6.40. The van der Waals surface area contributed by atoms with Crippen LogP contribution < -0.4 is 0 Å². The molecule has 0 aliphatic carbocycles. The van der Waals surface area contributed by atoms with Gasteiger partial charge in [-0.25, -0.2) is 8.42 Å². The highest BCUT2D eigenvalue weighted by Gasteiger charge is 2.33. The first-order valence-corrected chi connectivity index (χ1v) is 9.30. The van der Waals surface area contributed by atoms with E-state index in [1.807, 2.05) is 18.4 Å². The lowest BCUT2D eigenvalue weighted by Crippen LogP contribution is -2.43. The van der Waals surface area contributed by atoms with Gasteiger partial charge in [-0.05, 0) is 31.7 Å². The molecule has 1 saturated heterocycles. The Morgan fingerprint density at radius 1 is 1.33 bits per heavy atom. The molecule has 6 heteroatoms. The van der Waals surface area contributed by atoms with Crippen molar-refractivity contribution in [3.8, 4) is 0 Å². The van der Waals surface area contributed by atoms with Crippen LogP contribution in [0.3, 0.4) is 0 Å². The minimum Gasteiger partial charge on any atom is -0.390 e. The van der Waals surface area contributed by atoms with Crippen molar-refractivity contribution in [2.75, 3.05) is 6.54 Å². The molecular weight excluding hydrogens is 288 g/mol. The number of nitrogens with zero attached hydrogens (tertiary/aromatic N) is 2. The van der Waals surface area contributed by atoms with Crippen molar-refractivity contribution in [1.82, 2.24) is 8.87 Å². The molecule has 0 bridgehead atoms. The van der Waals surface area contributed by atoms with E-state index in [0.717, 1.165) is 38.6 Å². The van der Waals surface area contributed by atoms with Crippen LogP contribution in [0, 0.1) is 0 Å². The molecule has 1 N–H and O–H groups in total. The maximum absolute atomic E-state index is 12.9. The van der Waals surface area contributed by atoms with Crippen molar-refractivity contribution in [2.45, 2.75) is 70.0 Å². The predicted molar refractivity (Wildman–Crippen MR) is 82.5 cm³/mol. The molecule has 120 valence electrons. The zero-order chi connectivity index (χ0) is 15.5. The highest BCUT2D eigenvalue weighted by molar-refractivity contribution is 7.89. The van der Waals surface area contributed by atoms with Crippen molar-refractivity contribution in [3.63, 3.8) is 0 Å². The van der Waals surface area contributed by atoms with Gasteiger partial charge in [0.05, 0.1) is 6.61 Å². The van der Waals surface area contributed by atoms with Crippen molar-refractivity contribution in [3.05, 3.63) is 18.0 Å². The second kappa shape index (κ2) is 6.94. The molecule has 2 rings (SSSR count). The Labute approximate surface area is 127 Å². The number of aliphatic hydroxyl groups is 1. The van der Waals surface area contributed by atoms with Crippen LogP contribution >= 0.6 is 0 Å².